The highest BCUT2D eigenvalue weighted by atomic mass is 35.5. The predicted molar refractivity (Wildman–Crippen MR) is 117 cm³/mol. The first kappa shape index (κ1) is 20.2. The van der Waals surface area contributed by atoms with Crippen molar-refractivity contribution in [3.8, 4) is 0 Å². The third kappa shape index (κ3) is 3.49. The third-order valence-electron chi connectivity index (χ3n) is 5.11. The highest BCUT2D eigenvalue weighted by molar-refractivity contribution is 6.35. The Kier molecular flexibility index (Phi) is 5.13. The number of rotatable bonds is 4. The van der Waals surface area contributed by atoms with E-state index in [1.807, 2.05) is 36.4 Å². The molecule has 4 amide bonds. The Labute approximate surface area is 182 Å². The fourth-order valence-electron chi connectivity index (χ4n) is 3.59. The largest absolute Gasteiger partial charge is 0.325 e. The van der Waals surface area contributed by atoms with Crippen LogP contribution < -0.4 is 10.6 Å². The molecule has 6 nitrogen and oxygen atoms in total. The van der Waals surface area contributed by atoms with Gasteiger partial charge in [-0.05, 0) is 30.5 Å². The molecular formula is C22H17Cl2N3O3. The number of halogens is 2. The molecule has 0 aromatic heterocycles. The Morgan fingerprint density at radius 3 is 2.57 bits per heavy atom. The molecule has 1 fully saturated rings. The van der Waals surface area contributed by atoms with Gasteiger partial charge in [-0.1, -0.05) is 65.7 Å². The van der Waals surface area contributed by atoms with E-state index in [4.69, 9.17) is 23.2 Å². The molecular weight excluding hydrogens is 425 g/mol. The molecule has 0 bridgehead atoms. The van der Waals surface area contributed by atoms with Gasteiger partial charge in [0, 0.05) is 26.7 Å². The standard InChI is InChI=1S/C22H17Cl2N3O3/c1-22(16-10-9-14(23)11-17(16)24)20(29)27(21(30)26-22)12-19(28)25-18-8-4-6-13-5-2-3-7-15(13)18/h2-11H,12H2,1H3,(H,25,28)(H,26,30)/t22-/m0/s1. The van der Waals surface area contributed by atoms with Gasteiger partial charge in [0.25, 0.3) is 5.91 Å². The minimum atomic E-state index is -1.39. The van der Waals surface area contributed by atoms with Crippen LogP contribution in [0, 0.1) is 0 Å². The summed E-state index contributed by atoms with van der Waals surface area (Å²) in [5.74, 6) is -1.05. The predicted octanol–water partition coefficient (Wildman–Crippen LogP) is 4.55. The number of nitrogens with one attached hydrogen (secondary N) is 2. The number of carbonyl (C=O) groups excluding carboxylic acids is 3. The van der Waals surface area contributed by atoms with E-state index in [0.717, 1.165) is 15.7 Å². The Morgan fingerprint density at radius 1 is 1.07 bits per heavy atom. The molecule has 1 saturated heterocycles. The smallest absolute Gasteiger partial charge is 0.324 e. The Morgan fingerprint density at radius 2 is 1.80 bits per heavy atom. The van der Waals surface area contributed by atoms with E-state index in [0.29, 0.717) is 16.3 Å². The number of nitrogens with zero attached hydrogens (tertiary/aromatic N) is 1. The number of benzene rings is 3. The van der Waals surface area contributed by atoms with Crippen LogP contribution in [0.2, 0.25) is 10.0 Å². The van der Waals surface area contributed by atoms with Crippen molar-refractivity contribution in [2.75, 3.05) is 11.9 Å². The van der Waals surface area contributed by atoms with Gasteiger partial charge in [0.2, 0.25) is 5.91 Å². The molecule has 152 valence electrons. The van der Waals surface area contributed by atoms with Gasteiger partial charge < -0.3 is 10.6 Å². The van der Waals surface area contributed by atoms with Crippen LogP contribution in [0.4, 0.5) is 10.5 Å². The van der Waals surface area contributed by atoms with Crippen molar-refractivity contribution in [3.63, 3.8) is 0 Å². The first-order valence-electron chi connectivity index (χ1n) is 9.17. The van der Waals surface area contributed by atoms with Crippen molar-refractivity contribution in [1.29, 1.82) is 0 Å². The van der Waals surface area contributed by atoms with Gasteiger partial charge in [-0.15, -0.1) is 0 Å². The van der Waals surface area contributed by atoms with E-state index < -0.39 is 29.9 Å². The van der Waals surface area contributed by atoms with Crippen LogP contribution in [0.15, 0.2) is 60.7 Å². The van der Waals surface area contributed by atoms with Crippen LogP contribution in [0.1, 0.15) is 12.5 Å². The highest BCUT2D eigenvalue weighted by Gasteiger charge is 2.50. The molecule has 1 heterocycles. The summed E-state index contributed by atoms with van der Waals surface area (Å²) < 4.78 is 0. The normalized spacial score (nSPS) is 18.6. The Balaban J connectivity index is 1.55. The Bertz CT molecular complexity index is 1190. The van der Waals surface area contributed by atoms with Crippen molar-refractivity contribution in [1.82, 2.24) is 10.2 Å². The van der Waals surface area contributed by atoms with Crippen molar-refractivity contribution in [3.05, 3.63) is 76.3 Å². The zero-order valence-corrected chi connectivity index (χ0v) is 17.4. The lowest BCUT2D eigenvalue weighted by Crippen LogP contribution is -2.42. The summed E-state index contributed by atoms with van der Waals surface area (Å²) in [6.07, 6.45) is 0. The van der Waals surface area contributed by atoms with Crippen LogP contribution in [-0.4, -0.2) is 29.3 Å². The van der Waals surface area contributed by atoms with Gasteiger partial charge in [0.1, 0.15) is 12.1 Å². The maximum Gasteiger partial charge on any atom is 0.325 e. The van der Waals surface area contributed by atoms with Crippen LogP contribution >= 0.6 is 23.2 Å². The minimum Gasteiger partial charge on any atom is -0.324 e. The van der Waals surface area contributed by atoms with E-state index in [2.05, 4.69) is 10.6 Å². The van der Waals surface area contributed by atoms with Crippen molar-refractivity contribution in [2.45, 2.75) is 12.5 Å². The SMILES string of the molecule is C[C@@]1(c2ccc(Cl)cc2Cl)NC(=O)N(CC(=O)Nc2cccc3ccccc23)C1=O. The number of hydrogen-bond acceptors (Lipinski definition) is 3. The second kappa shape index (κ2) is 7.63. The molecule has 0 unspecified atom stereocenters. The first-order valence-corrected chi connectivity index (χ1v) is 9.92. The summed E-state index contributed by atoms with van der Waals surface area (Å²) in [4.78, 5) is 39.1. The summed E-state index contributed by atoms with van der Waals surface area (Å²) in [5.41, 5.74) is -0.379. The van der Waals surface area contributed by atoms with E-state index >= 15 is 0 Å². The second-order valence-electron chi connectivity index (χ2n) is 7.15. The van der Waals surface area contributed by atoms with Crippen LogP contribution in [0.25, 0.3) is 10.8 Å². The number of anilines is 1. The molecule has 3 aromatic carbocycles. The van der Waals surface area contributed by atoms with Crippen molar-refractivity contribution in [2.24, 2.45) is 0 Å². The van der Waals surface area contributed by atoms with Gasteiger partial charge in [0.05, 0.1) is 0 Å². The number of amides is 4. The maximum atomic E-state index is 13.0. The summed E-state index contributed by atoms with van der Waals surface area (Å²) in [7, 11) is 0. The second-order valence-corrected chi connectivity index (χ2v) is 7.99. The summed E-state index contributed by atoms with van der Waals surface area (Å²) in [6, 6.07) is 17.1. The molecule has 1 atom stereocenters. The summed E-state index contributed by atoms with van der Waals surface area (Å²) in [5, 5.41) is 7.91. The monoisotopic (exact) mass is 441 g/mol. The lowest BCUT2D eigenvalue weighted by atomic mass is 9.92. The number of carbonyl (C=O) groups is 3. The van der Waals surface area contributed by atoms with Gasteiger partial charge in [0.15, 0.2) is 0 Å². The molecule has 1 aliphatic rings. The quantitative estimate of drug-likeness (QED) is 0.582. The Hall–Kier alpha value is -3.09. The van der Waals surface area contributed by atoms with Crippen LogP contribution in [0.5, 0.6) is 0 Å². The van der Waals surface area contributed by atoms with Crippen molar-refractivity contribution >= 4 is 57.5 Å². The molecule has 2 N–H and O–H groups in total. The van der Waals surface area contributed by atoms with Crippen LogP contribution in [0.3, 0.4) is 0 Å². The van der Waals surface area contributed by atoms with Gasteiger partial charge in [-0.2, -0.15) is 0 Å². The minimum absolute atomic E-state index is 0.251. The van der Waals surface area contributed by atoms with Gasteiger partial charge >= 0.3 is 6.03 Å². The third-order valence-corrected chi connectivity index (χ3v) is 5.66. The molecule has 4 rings (SSSR count). The topological polar surface area (TPSA) is 78.5 Å². The molecule has 3 aromatic rings. The number of urea groups is 1. The molecule has 0 radical (unpaired) electrons. The van der Waals surface area contributed by atoms with Crippen LogP contribution in [-0.2, 0) is 15.1 Å². The molecule has 30 heavy (non-hydrogen) atoms. The number of imide groups is 1. The first-order chi connectivity index (χ1) is 14.3. The average Bonchev–Trinajstić information content (AvgIpc) is 2.92. The zero-order chi connectivity index (χ0) is 21.5. The maximum absolute atomic E-state index is 13.0. The number of hydrogen-bond donors (Lipinski definition) is 2. The molecule has 0 spiro atoms. The zero-order valence-electron chi connectivity index (χ0n) is 15.9. The lowest BCUT2D eigenvalue weighted by Gasteiger charge is -2.23. The van der Waals surface area contributed by atoms with E-state index in [1.165, 1.54) is 6.07 Å². The fourth-order valence-corrected chi connectivity index (χ4v) is 4.18. The fraction of sp³-hybridized carbons (Fsp3) is 0.136. The lowest BCUT2D eigenvalue weighted by molar-refractivity contribution is -0.133. The number of fused-ring (bicyclic) bond motifs is 1. The van der Waals surface area contributed by atoms with Gasteiger partial charge in [-0.3, -0.25) is 14.5 Å². The summed E-state index contributed by atoms with van der Waals surface area (Å²) >= 11 is 12.2. The average molecular weight is 442 g/mol. The summed E-state index contributed by atoms with van der Waals surface area (Å²) in [6.45, 7) is 1.12. The van der Waals surface area contributed by atoms with E-state index in [-0.39, 0.29) is 5.02 Å². The molecule has 8 heteroatoms. The molecule has 0 aliphatic carbocycles. The molecule has 1 aliphatic heterocycles. The van der Waals surface area contributed by atoms with Gasteiger partial charge in [-0.25, -0.2) is 4.79 Å². The van der Waals surface area contributed by atoms with E-state index in [9.17, 15) is 14.4 Å². The van der Waals surface area contributed by atoms with Crippen molar-refractivity contribution < 1.29 is 14.4 Å². The van der Waals surface area contributed by atoms with E-state index in [1.54, 1.807) is 25.1 Å². The molecule has 0 saturated carbocycles. The highest BCUT2D eigenvalue weighted by Crippen LogP contribution is 2.35.